The standard InChI is InChI=1S/C24H24FN9O2/c1-15(2)22-29-23(30-36-22)33-8-6-32(7-9-33)21-17(12-26)10-18(13-27-21)16-4-5-20(19(25)11-16)34-14-28-31(3)24(34)35/h4-5,10-11,13-15H,6-9H2,1-3H3. The summed E-state index contributed by atoms with van der Waals surface area (Å²) in [4.78, 5) is 25.2. The SMILES string of the molecule is CC(C)c1nc(N2CCN(c3ncc(-c4ccc(-n5cnn(C)c5=O)c(F)c4)cc3C#N)CC2)no1. The first kappa shape index (κ1) is 23.2. The zero-order valence-corrected chi connectivity index (χ0v) is 20.1. The third-order valence-electron chi connectivity index (χ3n) is 6.14. The van der Waals surface area contributed by atoms with E-state index in [4.69, 9.17) is 4.52 Å². The number of piperazine rings is 1. The van der Waals surface area contributed by atoms with Gasteiger partial charge < -0.3 is 14.3 Å². The van der Waals surface area contributed by atoms with Crippen molar-refractivity contribution in [2.45, 2.75) is 19.8 Å². The molecule has 1 aliphatic heterocycles. The highest BCUT2D eigenvalue weighted by Crippen LogP contribution is 2.28. The van der Waals surface area contributed by atoms with Crippen molar-refractivity contribution in [1.29, 1.82) is 5.26 Å². The highest BCUT2D eigenvalue weighted by Gasteiger charge is 2.24. The number of anilines is 2. The minimum atomic E-state index is -0.580. The van der Waals surface area contributed by atoms with Crippen molar-refractivity contribution >= 4 is 11.8 Å². The predicted octanol–water partition coefficient (Wildman–Crippen LogP) is 2.48. The number of pyridine rings is 1. The minimum Gasteiger partial charge on any atom is -0.352 e. The molecule has 5 rings (SSSR count). The van der Waals surface area contributed by atoms with E-state index in [1.165, 1.54) is 25.5 Å². The van der Waals surface area contributed by atoms with Gasteiger partial charge >= 0.3 is 5.69 Å². The van der Waals surface area contributed by atoms with Gasteiger partial charge in [-0.2, -0.15) is 15.3 Å². The van der Waals surface area contributed by atoms with E-state index in [9.17, 15) is 14.4 Å². The van der Waals surface area contributed by atoms with Gasteiger partial charge in [0.05, 0.1) is 11.3 Å². The van der Waals surface area contributed by atoms with Crippen LogP contribution in [0.4, 0.5) is 16.2 Å². The number of benzene rings is 1. The summed E-state index contributed by atoms with van der Waals surface area (Å²) in [5.41, 5.74) is 1.20. The van der Waals surface area contributed by atoms with Crippen LogP contribution in [0.5, 0.6) is 0 Å². The fourth-order valence-electron chi connectivity index (χ4n) is 4.09. The van der Waals surface area contributed by atoms with E-state index in [2.05, 4.69) is 26.3 Å². The van der Waals surface area contributed by atoms with Crippen molar-refractivity contribution in [3.8, 4) is 22.9 Å². The number of aromatic nitrogens is 6. The maximum atomic E-state index is 14.9. The molecule has 1 fully saturated rings. The largest absolute Gasteiger partial charge is 0.352 e. The first-order chi connectivity index (χ1) is 17.4. The van der Waals surface area contributed by atoms with Gasteiger partial charge in [-0.05, 0) is 28.9 Å². The summed E-state index contributed by atoms with van der Waals surface area (Å²) in [7, 11) is 1.50. The minimum absolute atomic E-state index is 0.0990. The Bertz CT molecular complexity index is 1510. The second-order valence-corrected chi connectivity index (χ2v) is 8.84. The molecule has 4 aromatic rings. The lowest BCUT2D eigenvalue weighted by atomic mass is 10.0. The molecule has 0 saturated carbocycles. The number of rotatable bonds is 5. The van der Waals surface area contributed by atoms with E-state index in [-0.39, 0.29) is 11.6 Å². The topological polar surface area (TPSA) is 122 Å². The second-order valence-electron chi connectivity index (χ2n) is 8.84. The van der Waals surface area contributed by atoms with Crippen LogP contribution >= 0.6 is 0 Å². The molecule has 0 amide bonds. The number of aryl methyl sites for hydroxylation is 1. The number of halogens is 1. The number of hydrogen-bond donors (Lipinski definition) is 0. The maximum Gasteiger partial charge on any atom is 0.350 e. The van der Waals surface area contributed by atoms with Gasteiger partial charge in [0.25, 0.3) is 5.95 Å². The first-order valence-corrected chi connectivity index (χ1v) is 11.5. The quantitative estimate of drug-likeness (QED) is 0.416. The number of nitrogens with zero attached hydrogens (tertiary/aromatic N) is 9. The molecular weight excluding hydrogens is 465 g/mol. The van der Waals surface area contributed by atoms with E-state index in [1.807, 2.05) is 23.6 Å². The molecule has 0 radical (unpaired) electrons. The molecule has 0 spiro atoms. The average molecular weight is 490 g/mol. The number of hydrogen-bond acceptors (Lipinski definition) is 9. The Labute approximate surface area is 206 Å². The zero-order chi connectivity index (χ0) is 25.4. The highest BCUT2D eigenvalue weighted by molar-refractivity contribution is 5.69. The molecule has 1 saturated heterocycles. The average Bonchev–Trinajstić information content (AvgIpc) is 3.51. The third-order valence-corrected chi connectivity index (χ3v) is 6.14. The second kappa shape index (κ2) is 9.26. The Kier molecular flexibility index (Phi) is 5.97. The van der Waals surface area contributed by atoms with Gasteiger partial charge in [0.2, 0.25) is 5.89 Å². The van der Waals surface area contributed by atoms with Crippen LogP contribution in [0.25, 0.3) is 16.8 Å². The molecule has 0 unspecified atom stereocenters. The summed E-state index contributed by atoms with van der Waals surface area (Å²) in [5, 5.41) is 17.7. The lowest BCUT2D eigenvalue weighted by molar-refractivity contribution is 0.364. The molecular formula is C24H24FN9O2. The van der Waals surface area contributed by atoms with Crippen molar-refractivity contribution in [3.63, 3.8) is 0 Å². The summed E-state index contributed by atoms with van der Waals surface area (Å²) >= 11 is 0. The molecule has 0 aliphatic carbocycles. The summed E-state index contributed by atoms with van der Waals surface area (Å²) in [5.74, 6) is 1.34. The van der Waals surface area contributed by atoms with Crippen LogP contribution in [0, 0.1) is 17.1 Å². The molecule has 36 heavy (non-hydrogen) atoms. The molecule has 3 aromatic heterocycles. The van der Waals surface area contributed by atoms with Gasteiger partial charge in [0.15, 0.2) is 0 Å². The molecule has 1 aliphatic rings. The van der Waals surface area contributed by atoms with E-state index >= 15 is 0 Å². The summed E-state index contributed by atoms with van der Waals surface area (Å²) in [6.45, 7) is 6.58. The predicted molar refractivity (Wildman–Crippen MR) is 130 cm³/mol. The van der Waals surface area contributed by atoms with Gasteiger partial charge in [-0.25, -0.2) is 23.4 Å². The summed E-state index contributed by atoms with van der Waals surface area (Å²) in [6, 6.07) is 8.43. The van der Waals surface area contributed by atoms with Crippen LogP contribution in [0.1, 0.15) is 31.2 Å². The van der Waals surface area contributed by atoms with Gasteiger partial charge in [0.1, 0.15) is 24.0 Å². The van der Waals surface area contributed by atoms with Crippen LogP contribution in [0.2, 0.25) is 0 Å². The van der Waals surface area contributed by atoms with Gasteiger partial charge in [-0.3, -0.25) is 0 Å². The normalized spacial score (nSPS) is 13.9. The maximum absolute atomic E-state index is 14.9. The van der Waals surface area contributed by atoms with E-state index in [1.54, 1.807) is 18.3 Å². The van der Waals surface area contributed by atoms with Crippen LogP contribution in [-0.4, -0.2) is 55.7 Å². The third kappa shape index (κ3) is 4.19. The lowest BCUT2D eigenvalue weighted by Crippen LogP contribution is -2.47. The van der Waals surface area contributed by atoms with Crippen molar-refractivity contribution < 1.29 is 8.91 Å². The first-order valence-electron chi connectivity index (χ1n) is 11.5. The Morgan fingerprint density at radius 1 is 1.11 bits per heavy atom. The van der Waals surface area contributed by atoms with Crippen LogP contribution in [-0.2, 0) is 7.05 Å². The smallest absolute Gasteiger partial charge is 0.350 e. The Balaban J connectivity index is 1.34. The van der Waals surface area contributed by atoms with E-state index in [0.29, 0.717) is 60.5 Å². The van der Waals surface area contributed by atoms with Crippen molar-refractivity contribution in [1.82, 2.24) is 29.5 Å². The lowest BCUT2D eigenvalue weighted by Gasteiger charge is -2.35. The molecule has 0 bridgehead atoms. The molecule has 4 heterocycles. The molecule has 0 N–H and O–H groups in total. The zero-order valence-electron chi connectivity index (χ0n) is 20.1. The molecule has 1 aromatic carbocycles. The van der Waals surface area contributed by atoms with E-state index < -0.39 is 11.5 Å². The monoisotopic (exact) mass is 489 g/mol. The Morgan fingerprint density at radius 3 is 2.47 bits per heavy atom. The van der Waals surface area contributed by atoms with E-state index in [0.717, 1.165) is 9.25 Å². The highest BCUT2D eigenvalue weighted by atomic mass is 19.1. The summed E-state index contributed by atoms with van der Waals surface area (Å²) < 4.78 is 22.4. The van der Waals surface area contributed by atoms with Crippen LogP contribution in [0.3, 0.4) is 0 Å². The fraction of sp³-hybridized carbons (Fsp3) is 0.333. The number of nitriles is 1. The fourth-order valence-corrected chi connectivity index (χ4v) is 4.09. The molecule has 184 valence electrons. The molecule has 0 atom stereocenters. The summed E-state index contributed by atoms with van der Waals surface area (Å²) in [6.07, 6.45) is 2.90. The molecule has 11 nitrogen and oxygen atoms in total. The van der Waals surface area contributed by atoms with Gasteiger partial charge in [-0.15, -0.1) is 0 Å². The Hall–Kier alpha value is -4.53. The van der Waals surface area contributed by atoms with Gasteiger partial charge in [-0.1, -0.05) is 19.9 Å². The van der Waals surface area contributed by atoms with Crippen LogP contribution in [0.15, 0.2) is 46.1 Å². The molecule has 12 heteroatoms. The van der Waals surface area contributed by atoms with Gasteiger partial charge in [0, 0.05) is 50.9 Å². The van der Waals surface area contributed by atoms with Crippen molar-refractivity contribution in [2.24, 2.45) is 7.05 Å². The van der Waals surface area contributed by atoms with Crippen LogP contribution < -0.4 is 15.5 Å². The Morgan fingerprint density at radius 2 is 1.86 bits per heavy atom. The van der Waals surface area contributed by atoms with Crippen molar-refractivity contribution in [3.05, 3.63) is 64.5 Å². The van der Waals surface area contributed by atoms with Crippen molar-refractivity contribution in [2.75, 3.05) is 36.0 Å².